The molecule has 2 fully saturated rings. The zero-order chi connectivity index (χ0) is 14.8. The summed E-state index contributed by atoms with van der Waals surface area (Å²) in [6, 6.07) is -0.103. The molecule has 0 amide bonds. The highest BCUT2D eigenvalue weighted by Gasteiger charge is 2.42. The third-order valence-electron chi connectivity index (χ3n) is 4.21. The third-order valence-corrected chi connectivity index (χ3v) is 6.06. The predicted octanol–water partition coefficient (Wildman–Crippen LogP) is 1.57. The number of hydrogen-bond donors (Lipinski definition) is 0. The summed E-state index contributed by atoms with van der Waals surface area (Å²) in [7, 11) is -3.31. The smallest absolute Gasteiger partial charge is 0.216 e. The first kappa shape index (κ1) is 15.9. The van der Waals surface area contributed by atoms with Gasteiger partial charge in [-0.3, -0.25) is 4.79 Å². The molecular weight excluding hydrogens is 278 g/mol. The second-order valence-corrected chi connectivity index (χ2v) is 8.06. The number of nitrogens with zero attached hydrogens (tertiary/aromatic N) is 1. The van der Waals surface area contributed by atoms with Gasteiger partial charge in [0, 0.05) is 24.9 Å². The molecule has 0 radical (unpaired) electrons. The molecule has 0 aromatic heterocycles. The largest absolute Gasteiger partial charge is 0.378 e. The molecule has 6 heteroatoms. The lowest BCUT2D eigenvalue weighted by Gasteiger charge is -2.28. The van der Waals surface area contributed by atoms with Crippen molar-refractivity contribution in [3.05, 3.63) is 0 Å². The number of hydrogen-bond acceptors (Lipinski definition) is 4. The van der Waals surface area contributed by atoms with Gasteiger partial charge in [0.2, 0.25) is 10.0 Å². The molecule has 5 nitrogen and oxygen atoms in total. The van der Waals surface area contributed by atoms with Crippen LogP contribution in [-0.2, 0) is 19.6 Å². The first-order valence-electron chi connectivity index (χ1n) is 7.55. The highest BCUT2D eigenvalue weighted by atomic mass is 32.2. The zero-order valence-corrected chi connectivity index (χ0v) is 13.2. The van der Waals surface area contributed by atoms with E-state index in [4.69, 9.17) is 4.74 Å². The van der Waals surface area contributed by atoms with Crippen molar-refractivity contribution in [1.82, 2.24) is 4.31 Å². The van der Waals surface area contributed by atoms with Gasteiger partial charge in [-0.05, 0) is 39.5 Å². The molecule has 20 heavy (non-hydrogen) atoms. The minimum absolute atomic E-state index is 0.0165. The Morgan fingerprint density at radius 1 is 1.30 bits per heavy atom. The van der Waals surface area contributed by atoms with Crippen molar-refractivity contribution in [1.29, 1.82) is 0 Å². The van der Waals surface area contributed by atoms with Crippen LogP contribution in [0.4, 0.5) is 0 Å². The van der Waals surface area contributed by atoms with E-state index in [0.717, 1.165) is 25.7 Å². The second-order valence-electron chi connectivity index (χ2n) is 6.02. The Morgan fingerprint density at radius 2 is 2.05 bits per heavy atom. The second kappa shape index (κ2) is 6.54. The summed E-state index contributed by atoms with van der Waals surface area (Å²) >= 11 is 0. The van der Waals surface area contributed by atoms with Gasteiger partial charge in [0.15, 0.2) is 0 Å². The van der Waals surface area contributed by atoms with Crippen LogP contribution in [0.3, 0.4) is 0 Å². The summed E-state index contributed by atoms with van der Waals surface area (Å²) in [5.74, 6) is 0.191. The number of ether oxygens (including phenoxy) is 1. The molecule has 1 aliphatic carbocycles. The number of sulfonamides is 1. The van der Waals surface area contributed by atoms with E-state index >= 15 is 0 Å². The van der Waals surface area contributed by atoms with Crippen molar-refractivity contribution in [2.45, 2.75) is 58.1 Å². The minimum Gasteiger partial charge on any atom is -0.378 e. The Balaban J connectivity index is 2.00. The molecule has 2 unspecified atom stereocenters. The standard InChI is InChI=1S/C14H25NO4S/c1-11(2)19-9-10-20(17,18)15-8-4-6-13(15)12-5-3-7-14(12)16/h11-13H,3-10H2,1-2H3. The molecule has 0 N–H and O–H groups in total. The van der Waals surface area contributed by atoms with E-state index in [1.807, 2.05) is 13.8 Å². The minimum atomic E-state index is -3.31. The van der Waals surface area contributed by atoms with Crippen LogP contribution in [0, 0.1) is 5.92 Å². The molecule has 2 atom stereocenters. The van der Waals surface area contributed by atoms with Crippen LogP contribution in [0.15, 0.2) is 0 Å². The van der Waals surface area contributed by atoms with E-state index in [0.29, 0.717) is 13.0 Å². The van der Waals surface area contributed by atoms with Gasteiger partial charge in [-0.25, -0.2) is 8.42 Å². The summed E-state index contributed by atoms with van der Waals surface area (Å²) in [5, 5.41) is 0. The third kappa shape index (κ3) is 3.59. The lowest BCUT2D eigenvalue weighted by Crippen LogP contribution is -2.43. The van der Waals surface area contributed by atoms with Crippen LogP contribution in [0.25, 0.3) is 0 Å². The fourth-order valence-corrected chi connectivity index (χ4v) is 4.88. The molecule has 0 bridgehead atoms. The molecule has 1 aliphatic heterocycles. The molecule has 116 valence electrons. The average Bonchev–Trinajstić information content (AvgIpc) is 2.95. The average molecular weight is 303 g/mol. The van der Waals surface area contributed by atoms with Gasteiger partial charge >= 0.3 is 0 Å². The quantitative estimate of drug-likeness (QED) is 0.747. The van der Waals surface area contributed by atoms with E-state index in [9.17, 15) is 13.2 Å². The van der Waals surface area contributed by atoms with Crippen molar-refractivity contribution >= 4 is 15.8 Å². The van der Waals surface area contributed by atoms with Crippen LogP contribution in [0.1, 0.15) is 46.0 Å². The fourth-order valence-electron chi connectivity index (χ4n) is 3.27. The molecule has 0 spiro atoms. The number of carbonyl (C=O) groups excluding carboxylic acids is 1. The zero-order valence-electron chi connectivity index (χ0n) is 12.4. The molecular formula is C14H25NO4S. The van der Waals surface area contributed by atoms with Crippen LogP contribution < -0.4 is 0 Å². The summed E-state index contributed by atoms with van der Waals surface area (Å²) in [6.07, 6.45) is 4.09. The van der Waals surface area contributed by atoms with Crippen LogP contribution in [-0.4, -0.2) is 49.6 Å². The van der Waals surface area contributed by atoms with Gasteiger partial charge in [0.05, 0.1) is 18.5 Å². The number of carbonyl (C=O) groups is 1. The van der Waals surface area contributed by atoms with E-state index in [1.54, 1.807) is 4.31 Å². The first-order chi connectivity index (χ1) is 9.42. The van der Waals surface area contributed by atoms with Gasteiger partial charge in [0.1, 0.15) is 5.78 Å². The summed E-state index contributed by atoms with van der Waals surface area (Å²) < 4.78 is 31.8. The fraction of sp³-hybridized carbons (Fsp3) is 0.929. The number of Topliss-reactive ketones (excluding diaryl/α,β-unsaturated/α-hetero) is 1. The van der Waals surface area contributed by atoms with Gasteiger partial charge in [0.25, 0.3) is 0 Å². The Kier molecular flexibility index (Phi) is 5.20. The molecule has 1 saturated carbocycles. The molecule has 0 aromatic carbocycles. The van der Waals surface area contributed by atoms with Crippen molar-refractivity contribution in [2.75, 3.05) is 18.9 Å². The van der Waals surface area contributed by atoms with Crippen molar-refractivity contribution < 1.29 is 17.9 Å². The molecule has 1 heterocycles. The lowest BCUT2D eigenvalue weighted by atomic mass is 9.96. The topological polar surface area (TPSA) is 63.7 Å². The maximum absolute atomic E-state index is 12.4. The molecule has 2 aliphatic rings. The summed E-state index contributed by atoms with van der Waals surface area (Å²) in [5.41, 5.74) is 0. The maximum atomic E-state index is 12.4. The van der Waals surface area contributed by atoms with E-state index < -0.39 is 10.0 Å². The predicted molar refractivity (Wildman–Crippen MR) is 77.0 cm³/mol. The van der Waals surface area contributed by atoms with Crippen molar-refractivity contribution in [2.24, 2.45) is 5.92 Å². The molecule has 0 aromatic rings. The maximum Gasteiger partial charge on any atom is 0.216 e. The Labute approximate surface area is 121 Å². The highest BCUT2D eigenvalue weighted by Crippen LogP contribution is 2.34. The van der Waals surface area contributed by atoms with Gasteiger partial charge in [-0.2, -0.15) is 4.31 Å². The summed E-state index contributed by atoms with van der Waals surface area (Å²) in [4.78, 5) is 11.9. The molecule has 2 rings (SSSR count). The Morgan fingerprint density at radius 3 is 2.65 bits per heavy atom. The van der Waals surface area contributed by atoms with Gasteiger partial charge < -0.3 is 4.74 Å². The summed E-state index contributed by atoms with van der Waals surface area (Å²) in [6.45, 7) is 4.56. The monoisotopic (exact) mass is 303 g/mol. The number of ketones is 1. The SMILES string of the molecule is CC(C)OCCS(=O)(=O)N1CCCC1C1CCCC1=O. The lowest BCUT2D eigenvalue weighted by molar-refractivity contribution is -0.121. The van der Waals surface area contributed by atoms with Crippen LogP contribution >= 0.6 is 0 Å². The van der Waals surface area contributed by atoms with E-state index in [2.05, 4.69) is 0 Å². The van der Waals surface area contributed by atoms with Crippen LogP contribution in [0.2, 0.25) is 0 Å². The molecule has 1 saturated heterocycles. The van der Waals surface area contributed by atoms with E-state index in [1.165, 1.54) is 0 Å². The Hall–Kier alpha value is -0.460. The number of rotatable bonds is 6. The normalized spacial score (nSPS) is 28.6. The highest BCUT2D eigenvalue weighted by molar-refractivity contribution is 7.89. The van der Waals surface area contributed by atoms with Gasteiger partial charge in [-0.1, -0.05) is 0 Å². The Bertz CT molecular complexity index is 446. The van der Waals surface area contributed by atoms with Crippen molar-refractivity contribution in [3.63, 3.8) is 0 Å². The van der Waals surface area contributed by atoms with Crippen LogP contribution in [0.5, 0.6) is 0 Å². The van der Waals surface area contributed by atoms with Gasteiger partial charge in [-0.15, -0.1) is 0 Å². The van der Waals surface area contributed by atoms with Crippen molar-refractivity contribution in [3.8, 4) is 0 Å². The van der Waals surface area contributed by atoms with E-state index in [-0.39, 0.29) is 36.2 Å². The first-order valence-corrected chi connectivity index (χ1v) is 9.16.